The van der Waals surface area contributed by atoms with Gasteiger partial charge in [0.15, 0.2) is 19.7 Å². The third-order valence-corrected chi connectivity index (χ3v) is 13.3. The number of sulfone groups is 2. The average molecular weight is 710 g/mol. The predicted octanol–water partition coefficient (Wildman–Crippen LogP) is 6.37. The molecular weight excluding hydrogens is 682 g/mol. The van der Waals surface area contributed by atoms with Crippen LogP contribution < -0.4 is 0 Å². The van der Waals surface area contributed by atoms with E-state index in [0.717, 1.165) is 30.3 Å². The molecular formula is C31H27F8NO5S2. The van der Waals surface area contributed by atoms with E-state index in [9.17, 15) is 52.4 Å². The minimum Gasteiger partial charge on any atom is -0.337 e. The molecule has 1 heterocycles. The smallest absolute Gasteiger partial charge is 0.337 e. The molecule has 1 fully saturated rings. The monoisotopic (exact) mass is 709 g/mol. The minimum absolute atomic E-state index is 0.0402. The van der Waals surface area contributed by atoms with Crippen LogP contribution in [0.2, 0.25) is 0 Å². The number of amides is 1. The van der Waals surface area contributed by atoms with E-state index in [1.54, 1.807) is 0 Å². The van der Waals surface area contributed by atoms with E-state index >= 15 is 4.39 Å². The number of hydrogen-bond donors (Lipinski definition) is 0. The SMILES string of the molecule is CCS(=O)(=O)c1ccc(CC(=O)N2CC[C@]3(S(=O)(=O)c4ccc(F)cc4)c4ccc(C(F)(C(F)(F)F)C(F)(F)F)cc4CC[C@H]23)cc1. The lowest BCUT2D eigenvalue weighted by atomic mass is 9.76. The van der Waals surface area contributed by atoms with Gasteiger partial charge in [0.05, 0.1) is 28.0 Å². The van der Waals surface area contributed by atoms with Crippen LogP contribution in [0.1, 0.15) is 42.0 Å². The molecule has 47 heavy (non-hydrogen) atoms. The van der Waals surface area contributed by atoms with Crippen molar-refractivity contribution in [3.63, 3.8) is 0 Å². The molecule has 6 nitrogen and oxygen atoms in total. The first-order valence-electron chi connectivity index (χ1n) is 14.3. The topological polar surface area (TPSA) is 88.6 Å². The first-order chi connectivity index (χ1) is 21.7. The number of nitrogens with zero attached hydrogens (tertiary/aromatic N) is 1. The summed E-state index contributed by atoms with van der Waals surface area (Å²) in [6.45, 7) is 1.29. The molecule has 3 aromatic rings. The molecule has 0 spiro atoms. The summed E-state index contributed by atoms with van der Waals surface area (Å²) < 4.78 is 161. The largest absolute Gasteiger partial charge is 0.435 e. The summed E-state index contributed by atoms with van der Waals surface area (Å²) in [4.78, 5) is 14.6. The van der Waals surface area contributed by atoms with Crippen molar-refractivity contribution in [3.8, 4) is 0 Å². The molecule has 0 aromatic heterocycles. The normalized spacial score (nSPS) is 20.5. The van der Waals surface area contributed by atoms with Gasteiger partial charge in [-0.05, 0) is 72.4 Å². The molecule has 254 valence electrons. The summed E-state index contributed by atoms with van der Waals surface area (Å²) in [5.74, 6) is -1.48. The second kappa shape index (κ2) is 11.6. The van der Waals surface area contributed by atoms with Gasteiger partial charge >= 0.3 is 18.0 Å². The van der Waals surface area contributed by atoms with Gasteiger partial charge in [0.1, 0.15) is 10.6 Å². The maximum absolute atomic E-state index is 15.0. The Balaban J connectivity index is 1.60. The molecule has 1 aliphatic carbocycles. The second-order valence-electron chi connectivity index (χ2n) is 11.5. The second-order valence-corrected chi connectivity index (χ2v) is 16.0. The Labute approximate surface area is 265 Å². The number of hydrogen-bond acceptors (Lipinski definition) is 5. The number of halogens is 8. The van der Waals surface area contributed by atoms with Gasteiger partial charge in [-0.1, -0.05) is 37.3 Å². The van der Waals surface area contributed by atoms with Crippen LogP contribution in [-0.4, -0.2) is 58.3 Å². The van der Waals surface area contributed by atoms with Crippen LogP contribution in [0.3, 0.4) is 0 Å². The maximum atomic E-state index is 15.0. The third kappa shape index (κ3) is 5.50. The van der Waals surface area contributed by atoms with Gasteiger partial charge < -0.3 is 4.90 Å². The Kier molecular flexibility index (Phi) is 8.56. The van der Waals surface area contributed by atoms with Crippen molar-refractivity contribution < 1.29 is 56.8 Å². The van der Waals surface area contributed by atoms with Gasteiger partial charge in [-0.15, -0.1) is 0 Å². The van der Waals surface area contributed by atoms with Crippen LogP contribution in [0.5, 0.6) is 0 Å². The molecule has 5 rings (SSSR count). The number of carbonyl (C=O) groups is 1. The van der Waals surface area contributed by atoms with Crippen LogP contribution in [-0.2, 0) is 47.7 Å². The lowest BCUT2D eigenvalue weighted by Gasteiger charge is -2.43. The molecule has 1 saturated heterocycles. The van der Waals surface area contributed by atoms with Crippen LogP contribution >= 0.6 is 0 Å². The lowest BCUT2D eigenvalue weighted by Crippen LogP contribution is -2.53. The number of fused-ring (bicyclic) bond motifs is 3. The molecule has 0 bridgehead atoms. The van der Waals surface area contributed by atoms with Gasteiger partial charge in [-0.3, -0.25) is 4.79 Å². The van der Waals surface area contributed by atoms with E-state index in [-0.39, 0.29) is 60.1 Å². The van der Waals surface area contributed by atoms with E-state index in [2.05, 4.69) is 0 Å². The van der Waals surface area contributed by atoms with Crippen molar-refractivity contribution in [3.05, 3.63) is 94.8 Å². The Morgan fingerprint density at radius 2 is 1.43 bits per heavy atom. The van der Waals surface area contributed by atoms with Crippen molar-refractivity contribution in [2.75, 3.05) is 12.3 Å². The van der Waals surface area contributed by atoms with Crippen molar-refractivity contribution in [1.82, 2.24) is 4.90 Å². The zero-order chi connectivity index (χ0) is 34.8. The number of rotatable bonds is 7. The number of likely N-dealkylation sites (tertiary alicyclic amines) is 1. The summed E-state index contributed by atoms with van der Waals surface area (Å²) in [6, 6.07) is 9.43. The van der Waals surface area contributed by atoms with E-state index in [1.165, 1.54) is 36.1 Å². The van der Waals surface area contributed by atoms with Crippen molar-refractivity contribution in [2.24, 2.45) is 0 Å². The third-order valence-electron chi connectivity index (χ3n) is 9.01. The quantitative estimate of drug-likeness (QED) is 0.210. The zero-order valence-corrected chi connectivity index (χ0v) is 26.1. The zero-order valence-electron chi connectivity index (χ0n) is 24.5. The number of alkyl halides is 7. The highest BCUT2D eigenvalue weighted by Gasteiger charge is 2.73. The Morgan fingerprint density at radius 3 is 1.98 bits per heavy atom. The van der Waals surface area contributed by atoms with Crippen LogP contribution in [0, 0.1) is 5.82 Å². The molecule has 2 aliphatic rings. The van der Waals surface area contributed by atoms with Crippen molar-refractivity contribution in [2.45, 2.75) is 71.2 Å². The summed E-state index contributed by atoms with van der Waals surface area (Å²) in [5, 5.41) is 0. The molecule has 0 N–H and O–H groups in total. The Morgan fingerprint density at radius 1 is 0.851 bits per heavy atom. The first kappa shape index (κ1) is 34.8. The highest BCUT2D eigenvalue weighted by atomic mass is 32.2. The molecule has 3 aromatic carbocycles. The van der Waals surface area contributed by atoms with E-state index in [4.69, 9.17) is 0 Å². The molecule has 0 saturated carbocycles. The lowest BCUT2D eigenvalue weighted by molar-refractivity contribution is -0.348. The summed E-state index contributed by atoms with van der Waals surface area (Å²) in [5.41, 5.74) is -7.54. The molecule has 0 unspecified atom stereocenters. The Bertz CT molecular complexity index is 1890. The van der Waals surface area contributed by atoms with E-state index in [0.29, 0.717) is 11.6 Å². The van der Waals surface area contributed by atoms with Gasteiger partial charge in [-0.25, -0.2) is 25.6 Å². The van der Waals surface area contributed by atoms with E-state index < -0.39 is 70.7 Å². The van der Waals surface area contributed by atoms with Gasteiger partial charge in [0.2, 0.25) is 5.91 Å². The average Bonchev–Trinajstić information content (AvgIpc) is 3.42. The van der Waals surface area contributed by atoms with E-state index in [1.807, 2.05) is 0 Å². The minimum atomic E-state index is -6.38. The number of carbonyl (C=O) groups excluding carboxylic acids is 1. The molecule has 2 atom stereocenters. The highest BCUT2D eigenvalue weighted by Crippen LogP contribution is 2.56. The van der Waals surface area contributed by atoms with Crippen molar-refractivity contribution in [1.29, 1.82) is 0 Å². The van der Waals surface area contributed by atoms with Gasteiger partial charge in [0.25, 0.3) is 0 Å². The summed E-state index contributed by atoms with van der Waals surface area (Å²) in [6.07, 6.45) is -13.9. The fourth-order valence-electron chi connectivity index (χ4n) is 6.61. The molecule has 16 heteroatoms. The van der Waals surface area contributed by atoms with Gasteiger partial charge in [-0.2, -0.15) is 26.3 Å². The van der Waals surface area contributed by atoms with Crippen LogP contribution in [0.25, 0.3) is 0 Å². The molecule has 1 aliphatic heterocycles. The van der Waals surface area contributed by atoms with Crippen molar-refractivity contribution >= 4 is 25.6 Å². The standard InChI is InChI=1S/C31H27F8NO5S2/c1-2-46(42,43)23-9-3-19(4-10-23)17-27(41)40-16-15-28(47(44,45)24-11-7-22(32)8-12-24)25-13-6-21(18-20(25)5-14-26(28)40)29(33,30(34,35)36)31(37,38)39/h3-4,6-13,18,26H,2,5,14-17H2,1H3/t26-,28-/m0/s1. The molecule has 0 radical (unpaired) electrons. The highest BCUT2D eigenvalue weighted by molar-refractivity contribution is 7.92. The predicted molar refractivity (Wildman–Crippen MR) is 153 cm³/mol. The van der Waals surface area contributed by atoms with Gasteiger partial charge in [0, 0.05) is 12.1 Å². The fraction of sp³-hybridized carbons (Fsp3) is 0.387. The summed E-state index contributed by atoms with van der Waals surface area (Å²) in [7, 11) is -8.14. The number of benzene rings is 3. The maximum Gasteiger partial charge on any atom is 0.435 e. The number of aryl methyl sites for hydroxylation is 1. The van der Waals surface area contributed by atoms with Crippen LogP contribution in [0.15, 0.2) is 76.5 Å². The fourth-order valence-corrected chi connectivity index (χ4v) is 9.86. The molecule has 1 amide bonds. The summed E-state index contributed by atoms with van der Waals surface area (Å²) >= 11 is 0. The van der Waals surface area contributed by atoms with Crippen LogP contribution in [0.4, 0.5) is 35.1 Å². The first-order valence-corrected chi connectivity index (χ1v) is 17.4. The Hall–Kier alpha value is -3.53.